The third-order valence-electron chi connectivity index (χ3n) is 2.26. The second-order valence-electron chi connectivity index (χ2n) is 3.32. The molecular formula is C8H9N5O4. The molecule has 9 heteroatoms. The van der Waals surface area contributed by atoms with Crippen molar-refractivity contribution in [3.05, 3.63) is 12.0 Å². The third kappa shape index (κ3) is 1.77. The molecule has 0 aliphatic heterocycles. The van der Waals surface area contributed by atoms with Crippen LogP contribution in [0.4, 0.5) is 5.82 Å². The summed E-state index contributed by atoms with van der Waals surface area (Å²) >= 11 is 0. The van der Waals surface area contributed by atoms with E-state index in [0.717, 1.165) is 0 Å². The number of fused-ring (bicyclic) bond motifs is 1. The highest BCUT2D eigenvalue weighted by Crippen LogP contribution is 2.25. The van der Waals surface area contributed by atoms with E-state index in [4.69, 9.17) is 10.8 Å². The number of aliphatic hydroxyl groups excluding tert-OH is 2. The first-order chi connectivity index (χ1) is 8.02. The summed E-state index contributed by atoms with van der Waals surface area (Å²) in [6.45, 7) is 0. The molecule has 2 rings (SSSR count). The number of carboxylic acids is 1. The maximum Gasteiger partial charge on any atom is 0.335 e. The zero-order chi connectivity index (χ0) is 12.6. The molecule has 0 bridgehead atoms. The van der Waals surface area contributed by atoms with Gasteiger partial charge in [0.15, 0.2) is 11.8 Å². The second kappa shape index (κ2) is 3.96. The fourth-order valence-electron chi connectivity index (χ4n) is 1.41. The SMILES string of the molecule is Nc1ncnc2n[nH]c(C(O)C(O)C(=O)O)c12. The molecule has 0 aliphatic rings. The molecule has 2 unspecified atom stereocenters. The number of hydrogen-bond donors (Lipinski definition) is 5. The van der Waals surface area contributed by atoms with Gasteiger partial charge in [-0.2, -0.15) is 5.10 Å². The van der Waals surface area contributed by atoms with Crippen LogP contribution < -0.4 is 5.73 Å². The van der Waals surface area contributed by atoms with Crippen LogP contribution in [0.3, 0.4) is 0 Å². The molecule has 2 aromatic heterocycles. The van der Waals surface area contributed by atoms with Crippen LogP contribution in [0.2, 0.25) is 0 Å². The number of rotatable bonds is 3. The van der Waals surface area contributed by atoms with Crippen molar-refractivity contribution in [2.24, 2.45) is 0 Å². The molecule has 0 fully saturated rings. The van der Waals surface area contributed by atoms with E-state index in [1.165, 1.54) is 6.33 Å². The molecule has 0 aliphatic carbocycles. The number of carboxylic acid groups (broad SMARTS) is 1. The van der Waals surface area contributed by atoms with Crippen molar-refractivity contribution in [3.8, 4) is 0 Å². The summed E-state index contributed by atoms with van der Waals surface area (Å²) in [5.74, 6) is -1.52. The molecule has 0 aromatic carbocycles. The van der Waals surface area contributed by atoms with E-state index >= 15 is 0 Å². The van der Waals surface area contributed by atoms with Gasteiger partial charge in [0, 0.05) is 0 Å². The fourth-order valence-corrected chi connectivity index (χ4v) is 1.41. The van der Waals surface area contributed by atoms with Crippen molar-refractivity contribution in [1.29, 1.82) is 0 Å². The Balaban J connectivity index is 2.52. The molecule has 17 heavy (non-hydrogen) atoms. The molecule has 0 radical (unpaired) electrons. The van der Waals surface area contributed by atoms with Gasteiger partial charge >= 0.3 is 5.97 Å². The van der Waals surface area contributed by atoms with E-state index in [1.807, 2.05) is 0 Å². The van der Waals surface area contributed by atoms with Gasteiger partial charge in [-0.25, -0.2) is 14.8 Å². The number of H-pyrrole nitrogens is 1. The summed E-state index contributed by atoms with van der Waals surface area (Å²) < 4.78 is 0. The minimum Gasteiger partial charge on any atom is -0.479 e. The number of aromatic amines is 1. The molecular weight excluding hydrogens is 230 g/mol. The summed E-state index contributed by atoms with van der Waals surface area (Å²) in [5.41, 5.74) is 5.71. The van der Waals surface area contributed by atoms with Crippen LogP contribution in [0, 0.1) is 0 Å². The Morgan fingerprint density at radius 3 is 2.76 bits per heavy atom. The van der Waals surface area contributed by atoms with Crippen LogP contribution in [-0.2, 0) is 4.79 Å². The van der Waals surface area contributed by atoms with E-state index in [1.54, 1.807) is 0 Å². The highest BCUT2D eigenvalue weighted by atomic mass is 16.4. The van der Waals surface area contributed by atoms with E-state index in [2.05, 4.69) is 20.2 Å². The van der Waals surface area contributed by atoms with Crippen LogP contribution in [0.25, 0.3) is 11.0 Å². The molecule has 0 spiro atoms. The first-order valence-corrected chi connectivity index (χ1v) is 4.55. The Morgan fingerprint density at radius 1 is 1.41 bits per heavy atom. The van der Waals surface area contributed by atoms with Gasteiger partial charge in [-0.3, -0.25) is 5.10 Å². The Kier molecular flexibility index (Phi) is 2.61. The van der Waals surface area contributed by atoms with Gasteiger partial charge < -0.3 is 21.1 Å². The van der Waals surface area contributed by atoms with E-state index in [0.29, 0.717) is 0 Å². The molecule has 90 valence electrons. The van der Waals surface area contributed by atoms with Crippen molar-refractivity contribution in [3.63, 3.8) is 0 Å². The maximum atomic E-state index is 10.6. The standard InChI is InChI=1S/C8H9N5O4/c9-6-2-3(4(14)5(15)8(16)17)12-13-7(2)11-1-10-6/h1,4-5,14-15H,(H,16,17)(H3,9,10,11,12,13). The molecule has 0 amide bonds. The lowest BCUT2D eigenvalue weighted by Crippen LogP contribution is -2.27. The quantitative estimate of drug-likeness (QED) is 0.429. The number of anilines is 1. The van der Waals surface area contributed by atoms with E-state index in [-0.39, 0.29) is 22.5 Å². The van der Waals surface area contributed by atoms with Crippen LogP contribution in [-0.4, -0.2) is 47.6 Å². The summed E-state index contributed by atoms with van der Waals surface area (Å²) in [7, 11) is 0. The first-order valence-electron chi connectivity index (χ1n) is 4.55. The predicted octanol–water partition coefficient (Wildman–Crippen LogP) is -1.59. The van der Waals surface area contributed by atoms with Crippen molar-refractivity contribution in [2.45, 2.75) is 12.2 Å². The number of nitrogens with one attached hydrogen (secondary N) is 1. The Morgan fingerprint density at radius 2 is 2.12 bits per heavy atom. The van der Waals surface area contributed by atoms with Crippen LogP contribution in [0.1, 0.15) is 11.8 Å². The van der Waals surface area contributed by atoms with Gasteiger partial charge in [0.05, 0.1) is 11.1 Å². The van der Waals surface area contributed by atoms with Crippen LogP contribution >= 0.6 is 0 Å². The third-order valence-corrected chi connectivity index (χ3v) is 2.26. The molecule has 2 heterocycles. The summed E-state index contributed by atoms with van der Waals surface area (Å²) in [6, 6.07) is 0. The van der Waals surface area contributed by atoms with Gasteiger partial charge in [0.2, 0.25) is 0 Å². The Hall–Kier alpha value is -2.26. The maximum absolute atomic E-state index is 10.6. The molecule has 0 saturated carbocycles. The average molecular weight is 239 g/mol. The van der Waals surface area contributed by atoms with Crippen molar-refractivity contribution in [1.82, 2.24) is 20.2 Å². The molecule has 2 atom stereocenters. The lowest BCUT2D eigenvalue weighted by Gasteiger charge is -2.12. The molecule has 2 aromatic rings. The summed E-state index contributed by atoms with van der Waals surface area (Å²) in [5, 5.41) is 33.8. The van der Waals surface area contributed by atoms with Gasteiger partial charge in [0.1, 0.15) is 18.2 Å². The van der Waals surface area contributed by atoms with Crippen molar-refractivity contribution in [2.75, 3.05) is 5.73 Å². The lowest BCUT2D eigenvalue weighted by atomic mass is 10.1. The number of aromatic nitrogens is 4. The zero-order valence-corrected chi connectivity index (χ0v) is 8.40. The molecule has 9 nitrogen and oxygen atoms in total. The summed E-state index contributed by atoms with van der Waals surface area (Å²) in [6.07, 6.45) is -2.49. The first kappa shape index (κ1) is 11.2. The van der Waals surface area contributed by atoms with Crippen LogP contribution in [0.5, 0.6) is 0 Å². The number of nitrogens with zero attached hydrogens (tertiary/aromatic N) is 3. The van der Waals surface area contributed by atoms with Crippen molar-refractivity contribution < 1.29 is 20.1 Å². The number of nitrogens with two attached hydrogens (primary N) is 1. The van der Waals surface area contributed by atoms with E-state index in [9.17, 15) is 15.0 Å². The number of aliphatic hydroxyl groups is 2. The van der Waals surface area contributed by atoms with Crippen LogP contribution in [0.15, 0.2) is 6.33 Å². The Labute approximate surface area is 93.9 Å². The fraction of sp³-hybridized carbons (Fsp3) is 0.250. The predicted molar refractivity (Wildman–Crippen MR) is 54.7 cm³/mol. The second-order valence-corrected chi connectivity index (χ2v) is 3.32. The minimum atomic E-state index is -1.99. The summed E-state index contributed by atoms with van der Waals surface area (Å²) in [4.78, 5) is 18.0. The smallest absolute Gasteiger partial charge is 0.335 e. The van der Waals surface area contributed by atoms with Gasteiger partial charge in [-0.15, -0.1) is 0 Å². The Bertz CT molecular complexity index is 568. The number of nitrogen functional groups attached to an aromatic ring is 1. The van der Waals surface area contributed by atoms with Gasteiger partial charge in [-0.1, -0.05) is 0 Å². The zero-order valence-electron chi connectivity index (χ0n) is 8.40. The van der Waals surface area contributed by atoms with E-state index < -0.39 is 18.2 Å². The van der Waals surface area contributed by atoms with Gasteiger partial charge in [-0.05, 0) is 0 Å². The highest BCUT2D eigenvalue weighted by molar-refractivity contribution is 5.88. The topological polar surface area (TPSA) is 158 Å². The molecule has 6 N–H and O–H groups in total. The number of hydrogen-bond acceptors (Lipinski definition) is 7. The minimum absolute atomic E-state index is 0.0343. The highest BCUT2D eigenvalue weighted by Gasteiger charge is 2.29. The number of aliphatic carboxylic acids is 1. The average Bonchev–Trinajstić information content (AvgIpc) is 2.72. The molecule has 0 saturated heterocycles. The largest absolute Gasteiger partial charge is 0.479 e. The van der Waals surface area contributed by atoms with Gasteiger partial charge in [0.25, 0.3) is 0 Å². The monoisotopic (exact) mass is 239 g/mol. The van der Waals surface area contributed by atoms with Crippen molar-refractivity contribution >= 4 is 22.8 Å². The normalized spacial score (nSPS) is 14.7. The lowest BCUT2D eigenvalue weighted by molar-refractivity contribution is -0.153. The number of carbonyl (C=O) groups is 1.